The van der Waals surface area contributed by atoms with Crippen LogP contribution in [0.2, 0.25) is 0 Å². The summed E-state index contributed by atoms with van der Waals surface area (Å²) in [6, 6.07) is 1.83. The molecule has 0 atom stereocenters. The minimum Gasteiger partial charge on any atom is -0.469 e. The standard InChI is InChI=1S/C12H16BrNO4S/c1-17-7-6-14(5-3-10(15)18-2)12(16)11-9(13)4-8-19-11/h4,8H,3,5-7H2,1-2H3. The number of methoxy groups -OCH3 is 2. The molecule has 1 heterocycles. The second kappa shape index (κ2) is 8.29. The lowest BCUT2D eigenvalue weighted by atomic mass is 10.3. The van der Waals surface area contributed by atoms with E-state index >= 15 is 0 Å². The Labute approximate surface area is 124 Å². The van der Waals surface area contributed by atoms with Crippen LogP contribution >= 0.6 is 27.3 Å². The molecule has 0 N–H and O–H groups in total. The first-order valence-electron chi connectivity index (χ1n) is 5.68. The van der Waals surface area contributed by atoms with Gasteiger partial charge in [-0.2, -0.15) is 0 Å². The van der Waals surface area contributed by atoms with Gasteiger partial charge in [0.05, 0.1) is 20.1 Å². The normalized spacial score (nSPS) is 10.3. The summed E-state index contributed by atoms with van der Waals surface area (Å²) in [5.74, 6) is -0.441. The predicted octanol–water partition coefficient (Wildman–Crippen LogP) is 2.16. The summed E-state index contributed by atoms with van der Waals surface area (Å²) in [6.45, 7) is 1.19. The first-order chi connectivity index (χ1) is 9.10. The highest BCUT2D eigenvalue weighted by Crippen LogP contribution is 2.24. The van der Waals surface area contributed by atoms with Crippen LogP contribution in [0.1, 0.15) is 16.1 Å². The molecule has 0 bridgehead atoms. The van der Waals surface area contributed by atoms with Crippen molar-refractivity contribution in [3.05, 3.63) is 20.8 Å². The Balaban J connectivity index is 2.70. The molecule has 0 aromatic carbocycles. The molecule has 1 amide bonds. The second-order valence-electron chi connectivity index (χ2n) is 3.71. The van der Waals surface area contributed by atoms with E-state index < -0.39 is 0 Å². The molecule has 5 nitrogen and oxygen atoms in total. The smallest absolute Gasteiger partial charge is 0.307 e. The topological polar surface area (TPSA) is 55.8 Å². The van der Waals surface area contributed by atoms with Gasteiger partial charge in [0.2, 0.25) is 0 Å². The average Bonchev–Trinajstić information content (AvgIpc) is 2.84. The third-order valence-corrected chi connectivity index (χ3v) is 4.30. The maximum absolute atomic E-state index is 12.3. The highest BCUT2D eigenvalue weighted by atomic mass is 79.9. The van der Waals surface area contributed by atoms with E-state index in [-0.39, 0.29) is 18.3 Å². The number of carbonyl (C=O) groups excluding carboxylic acids is 2. The van der Waals surface area contributed by atoms with Crippen LogP contribution in [0.15, 0.2) is 15.9 Å². The molecule has 0 saturated heterocycles. The number of ether oxygens (including phenoxy) is 2. The maximum atomic E-state index is 12.3. The molecule has 0 fully saturated rings. The molecule has 19 heavy (non-hydrogen) atoms. The van der Waals surface area contributed by atoms with Gasteiger partial charge in [0.25, 0.3) is 5.91 Å². The van der Waals surface area contributed by atoms with Crippen molar-refractivity contribution in [3.63, 3.8) is 0 Å². The fraction of sp³-hybridized carbons (Fsp3) is 0.500. The Bertz CT molecular complexity index is 435. The minimum absolute atomic E-state index is 0.108. The highest BCUT2D eigenvalue weighted by molar-refractivity contribution is 9.10. The first-order valence-corrected chi connectivity index (χ1v) is 7.35. The SMILES string of the molecule is COCCN(CCC(=O)OC)C(=O)c1sccc1Br. The van der Waals surface area contributed by atoms with E-state index in [4.69, 9.17) is 4.74 Å². The maximum Gasteiger partial charge on any atom is 0.307 e. The number of halogens is 1. The summed E-state index contributed by atoms with van der Waals surface area (Å²) in [5, 5.41) is 1.84. The third kappa shape index (κ3) is 4.93. The number of carbonyl (C=O) groups is 2. The molecule has 0 spiro atoms. The van der Waals surface area contributed by atoms with Crippen molar-refractivity contribution in [2.75, 3.05) is 33.9 Å². The molecule has 1 aromatic rings. The average molecular weight is 350 g/mol. The number of thiophene rings is 1. The van der Waals surface area contributed by atoms with E-state index in [2.05, 4.69) is 20.7 Å². The first kappa shape index (κ1) is 16.1. The lowest BCUT2D eigenvalue weighted by Gasteiger charge is -2.21. The minimum atomic E-state index is -0.333. The molecule has 0 unspecified atom stereocenters. The highest BCUT2D eigenvalue weighted by Gasteiger charge is 2.20. The lowest BCUT2D eigenvalue weighted by Crippen LogP contribution is -2.35. The Morgan fingerprint density at radius 3 is 2.63 bits per heavy atom. The van der Waals surface area contributed by atoms with E-state index in [0.29, 0.717) is 24.6 Å². The fourth-order valence-corrected chi connectivity index (χ4v) is 2.94. The van der Waals surface area contributed by atoms with Crippen molar-refractivity contribution in [2.45, 2.75) is 6.42 Å². The Kier molecular flexibility index (Phi) is 7.04. The van der Waals surface area contributed by atoms with Crippen molar-refractivity contribution < 1.29 is 19.1 Å². The van der Waals surface area contributed by atoms with Crippen LogP contribution < -0.4 is 0 Å². The Morgan fingerprint density at radius 2 is 2.11 bits per heavy atom. The van der Waals surface area contributed by atoms with Crippen LogP contribution in [-0.4, -0.2) is 50.7 Å². The molecule has 0 aliphatic rings. The molecule has 0 aliphatic carbocycles. The molecule has 0 radical (unpaired) electrons. The third-order valence-electron chi connectivity index (χ3n) is 2.48. The van der Waals surface area contributed by atoms with Crippen LogP contribution in [0.5, 0.6) is 0 Å². The molecule has 106 valence electrons. The zero-order valence-electron chi connectivity index (χ0n) is 10.8. The van der Waals surface area contributed by atoms with Crippen molar-refractivity contribution in [1.29, 1.82) is 0 Å². The zero-order valence-corrected chi connectivity index (χ0v) is 13.3. The number of hydrogen-bond donors (Lipinski definition) is 0. The van der Waals surface area contributed by atoms with Gasteiger partial charge in [-0.05, 0) is 27.4 Å². The van der Waals surface area contributed by atoms with E-state index in [9.17, 15) is 9.59 Å². The molecular formula is C12H16BrNO4S. The van der Waals surface area contributed by atoms with Gasteiger partial charge in [-0.3, -0.25) is 9.59 Å². The fourth-order valence-electron chi connectivity index (χ4n) is 1.43. The largest absolute Gasteiger partial charge is 0.469 e. The zero-order chi connectivity index (χ0) is 14.3. The summed E-state index contributed by atoms with van der Waals surface area (Å²) in [5.41, 5.74) is 0. The van der Waals surface area contributed by atoms with Gasteiger partial charge in [0.15, 0.2) is 0 Å². The van der Waals surface area contributed by atoms with Crippen molar-refractivity contribution in [1.82, 2.24) is 4.90 Å². The van der Waals surface area contributed by atoms with Gasteiger partial charge in [0, 0.05) is 24.7 Å². The number of rotatable bonds is 7. The second-order valence-corrected chi connectivity index (χ2v) is 5.48. The number of nitrogens with zero attached hydrogens (tertiary/aromatic N) is 1. The van der Waals surface area contributed by atoms with Gasteiger partial charge in [-0.25, -0.2) is 0 Å². The monoisotopic (exact) mass is 349 g/mol. The number of hydrogen-bond acceptors (Lipinski definition) is 5. The van der Waals surface area contributed by atoms with Crippen molar-refractivity contribution >= 4 is 39.1 Å². The van der Waals surface area contributed by atoms with Crippen molar-refractivity contribution in [2.24, 2.45) is 0 Å². The van der Waals surface area contributed by atoms with Crippen LogP contribution in [-0.2, 0) is 14.3 Å². The van der Waals surface area contributed by atoms with Crippen LogP contribution in [0.3, 0.4) is 0 Å². The molecular weight excluding hydrogens is 334 g/mol. The van der Waals surface area contributed by atoms with E-state index in [1.54, 1.807) is 12.0 Å². The Hall–Kier alpha value is -0.920. The van der Waals surface area contributed by atoms with Crippen LogP contribution in [0, 0.1) is 0 Å². The molecule has 7 heteroatoms. The van der Waals surface area contributed by atoms with E-state index in [1.807, 2.05) is 11.4 Å². The number of amides is 1. The van der Waals surface area contributed by atoms with E-state index in [0.717, 1.165) is 4.47 Å². The predicted molar refractivity (Wildman–Crippen MR) is 76.4 cm³/mol. The summed E-state index contributed by atoms with van der Waals surface area (Å²) >= 11 is 4.70. The molecule has 0 aliphatic heterocycles. The lowest BCUT2D eigenvalue weighted by molar-refractivity contribution is -0.140. The number of esters is 1. The van der Waals surface area contributed by atoms with Gasteiger partial charge < -0.3 is 14.4 Å². The Morgan fingerprint density at radius 1 is 1.37 bits per heavy atom. The van der Waals surface area contributed by atoms with Gasteiger partial charge in [-0.1, -0.05) is 0 Å². The van der Waals surface area contributed by atoms with E-state index in [1.165, 1.54) is 18.4 Å². The summed E-state index contributed by atoms with van der Waals surface area (Å²) in [7, 11) is 2.91. The summed E-state index contributed by atoms with van der Waals surface area (Å²) in [4.78, 5) is 25.7. The van der Waals surface area contributed by atoms with Crippen LogP contribution in [0.4, 0.5) is 0 Å². The van der Waals surface area contributed by atoms with Gasteiger partial charge in [-0.15, -0.1) is 11.3 Å². The summed E-state index contributed by atoms with van der Waals surface area (Å²) in [6.07, 6.45) is 0.176. The molecule has 1 rings (SSSR count). The van der Waals surface area contributed by atoms with Gasteiger partial charge >= 0.3 is 5.97 Å². The molecule has 1 aromatic heterocycles. The summed E-state index contributed by atoms with van der Waals surface area (Å²) < 4.78 is 10.3. The molecule has 0 saturated carbocycles. The van der Waals surface area contributed by atoms with Crippen molar-refractivity contribution in [3.8, 4) is 0 Å². The quantitative estimate of drug-likeness (QED) is 0.708. The van der Waals surface area contributed by atoms with Gasteiger partial charge in [0.1, 0.15) is 4.88 Å². The van der Waals surface area contributed by atoms with Crippen LogP contribution in [0.25, 0.3) is 0 Å².